The predicted octanol–water partition coefficient (Wildman–Crippen LogP) is 4.45. The first-order chi connectivity index (χ1) is 10.5. The summed E-state index contributed by atoms with van der Waals surface area (Å²) in [5, 5.41) is 6.59. The smallest absolute Gasteiger partial charge is 0.255 e. The maximum atomic E-state index is 12.1. The van der Waals surface area contributed by atoms with Gasteiger partial charge < -0.3 is 10.6 Å². The highest BCUT2D eigenvalue weighted by molar-refractivity contribution is 6.31. The fourth-order valence-electron chi connectivity index (χ4n) is 1.89. The molecule has 2 N–H and O–H groups in total. The lowest BCUT2D eigenvalue weighted by atomic mass is 10.1. The van der Waals surface area contributed by atoms with Crippen molar-refractivity contribution >= 4 is 29.0 Å². The van der Waals surface area contributed by atoms with Crippen molar-refractivity contribution in [1.29, 1.82) is 0 Å². The van der Waals surface area contributed by atoms with Crippen LogP contribution >= 0.6 is 11.6 Å². The molecule has 0 saturated heterocycles. The Hall–Kier alpha value is -2.07. The third kappa shape index (κ3) is 5.04. The summed E-state index contributed by atoms with van der Waals surface area (Å²) in [4.78, 5) is 16.4. The minimum atomic E-state index is -0.204. The summed E-state index contributed by atoms with van der Waals surface area (Å²) in [6.45, 7) is 5.26. The lowest BCUT2D eigenvalue weighted by Crippen LogP contribution is -2.12. The number of nitrogens with one attached hydrogen (secondary N) is 2. The van der Waals surface area contributed by atoms with Gasteiger partial charge in [0.15, 0.2) is 0 Å². The number of nitrogens with zero attached hydrogens (tertiary/aromatic N) is 1. The van der Waals surface area contributed by atoms with Gasteiger partial charge in [-0.3, -0.25) is 4.79 Å². The van der Waals surface area contributed by atoms with E-state index in [0.29, 0.717) is 22.2 Å². The van der Waals surface area contributed by atoms with Gasteiger partial charge in [-0.25, -0.2) is 4.98 Å². The lowest BCUT2D eigenvalue weighted by molar-refractivity contribution is 0.102. The third-order valence-corrected chi connectivity index (χ3v) is 3.37. The van der Waals surface area contributed by atoms with Crippen LogP contribution in [0.25, 0.3) is 0 Å². The number of rotatable bonds is 6. The molecule has 0 aliphatic heterocycles. The minimum Gasteiger partial charge on any atom is -0.370 e. The maximum absolute atomic E-state index is 12.1. The van der Waals surface area contributed by atoms with Crippen LogP contribution in [0.5, 0.6) is 0 Å². The molecule has 0 fully saturated rings. The second-order valence-corrected chi connectivity index (χ2v) is 5.94. The molecular weight excluding hydrogens is 298 g/mol. The molecule has 0 aliphatic rings. The first-order valence-corrected chi connectivity index (χ1v) is 7.69. The highest BCUT2D eigenvalue weighted by Crippen LogP contribution is 2.14. The van der Waals surface area contributed by atoms with E-state index in [0.717, 1.165) is 18.8 Å². The number of carbonyl (C=O) groups is 1. The van der Waals surface area contributed by atoms with Gasteiger partial charge in [0.2, 0.25) is 0 Å². The SMILES string of the molecule is CC(C)CCNc1ccc(NC(=O)c2cccc(Cl)c2)cn1. The summed E-state index contributed by atoms with van der Waals surface area (Å²) >= 11 is 5.88. The van der Waals surface area contributed by atoms with Crippen LogP contribution in [0, 0.1) is 5.92 Å². The van der Waals surface area contributed by atoms with E-state index in [1.807, 2.05) is 12.1 Å². The van der Waals surface area contributed by atoms with Crippen LogP contribution < -0.4 is 10.6 Å². The predicted molar refractivity (Wildman–Crippen MR) is 91.6 cm³/mol. The number of anilines is 2. The van der Waals surface area contributed by atoms with Gasteiger partial charge >= 0.3 is 0 Å². The van der Waals surface area contributed by atoms with Crippen LogP contribution in [0.15, 0.2) is 42.6 Å². The summed E-state index contributed by atoms with van der Waals surface area (Å²) in [6, 6.07) is 10.5. The topological polar surface area (TPSA) is 54.0 Å². The van der Waals surface area contributed by atoms with E-state index in [1.165, 1.54) is 0 Å². The van der Waals surface area contributed by atoms with Crippen LogP contribution in [0.3, 0.4) is 0 Å². The van der Waals surface area contributed by atoms with Crippen molar-refractivity contribution in [3.05, 3.63) is 53.2 Å². The van der Waals surface area contributed by atoms with Gasteiger partial charge in [0.25, 0.3) is 5.91 Å². The highest BCUT2D eigenvalue weighted by atomic mass is 35.5. The molecule has 0 spiro atoms. The Bertz CT molecular complexity index is 626. The number of hydrogen-bond acceptors (Lipinski definition) is 3. The Morgan fingerprint density at radius 3 is 2.73 bits per heavy atom. The molecule has 1 heterocycles. The van der Waals surface area contributed by atoms with Crippen LogP contribution in [0.2, 0.25) is 5.02 Å². The maximum Gasteiger partial charge on any atom is 0.255 e. The fraction of sp³-hybridized carbons (Fsp3) is 0.294. The van der Waals surface area contributed by atoms with Gasteiger partial charge in [-0.1, -0.05) is 31.5 Å². The Labute approximate surface area is 135 Å². The molecule has 1 aromatic carbocycles. The molecule has 2 rings (SSSR count). The fourth-order valence-corrected chi connectivity index (χ4v) is 2.08. The molecule has 22 heavy (non-hydrogen) atoms. The van der Waals surface area contributed by atoms with E-state index in [-0.39, 0.29) is 5.91 Å². The first-order valence-electron chi connectivity index (χ1n) is 7.31. The number of carbonyl (C=O) groups excluding carboxylic acids is 1. The summed E-state index contributed by atoms with van der Waals surface area (Å²) < 4.78 is 0. The standard InChI is InChI=1S/C17H20ClN3O/c1-12(2)8-9-19-16-7-6-15(11-20-16)21-17(22)13-4-3-5-14(18)10-13/h3-7,10-12H,8-9H2,1-2H3,(H,19,20)(H,21,22). The largest absolute Gasteiger partial charge is 0.370 e. The normalized spacial score (nSPS) is 10.5. The van der Waals surface area contributed by atoms with Gasteiger partial charge in [-0.2, -0.15) is 0 Å². The van der Waals surface area contributed by atoms with Crippen molar-refractivity contribution in [1.82, 2.24) is 4.98 Å². The molecule has 5 heteroatoms. The first kappa shape index (κ1) is 16.3. The molecule has 0 aliphatic carbocycles. The van der Waals surface area contributed by atoms with E-state index in [2.05, 4.69) is 29.5 Å². The zero-order chi connectivity index (χ0) is 15.9. The Morgan fingerprint density at radius 2 is 2.09 bits per heavy atom. The van der Waals surface area contributed by atoms with E-state index in [4.69, 9.17) is 11.6 Å². The molecule has 1 amide bonds. The second-order valence-electron chi connectivity index (χ2n) is 5.51. The average Bonchev–Trinajstić information content (AvgIpc) is 2.48. The summed E-state index contributed by atoms with van der Waals surface area (Å²) in [5.74, 6) is 1.26. The number of amides is 1. The van der Waals surface area contributed by atoms with E-state index in [9.17, 15) is 4.79 Å². The molecule has 0 bridgehead atoms. The van der Waals surface area contributed by atoms with Crippen molar-refractivity contribution in [2.24, 2.45) is 5.92 Å². The quantitative estimate of drug-likeness (QED) is 0.827. The van der Waals surface area contributed by atoms with Crippen molar-refractivity contribution in [3.8, 4) is 0 Å². The molecular formula is C17H20ClN3O. The van der Waals surface area contributed by atoms with Crippen molar-refractivity contribution < 1.29 is 4.79 Å². The van der Waals surface area contributed by atoms with Crippen LogP contribution in [-0.2, 0) is 0 Å². The van der Waals surface area contributed by atoms with Crippen molar-refractivity contribution in [2.75, 3.05) is 17.2 Å². The zero-order valence-corrected chi connectivity index (χ0v) is 13.5. The number of aromatic nitrogens is 1. The van der Waals surface area contributed by atoms with Crippen LogP contribution in [0.4, 0.5) is 11.5 Å². The molecule has 0 atom stereocenters. The third-order valence-electron chi connectivity index (χ3n) is 3.14. The van der Waals surface area contributed by atoms with Gasteiger partial charge in [-0.15, -0.1) is 0 Å². The Morgan fingerprint density at radius 1 is 1.27 bits per heavy atom. The summed E-state index contributed by atoms with van der Waals surface area (Å²) in [7, 11) is 0. The van der Waals surface area contributed by atoms with E-state index >= 15 is 0 Å². The zero-order valence-electron chi connectivity index (χ0n) is 12.8. The van der Waals surface area contributed by atoms with Crippen molar-refractivity contribution in [3.63, 3.8) is 0 Å². The Balaban J connectivity index is 1.92. The lowest BCUT2D eigenvalue weighted by Gasteiger charge is -2.09. The molecule has 116 valence electrons. The summed E-state index contributed by atoms with van der Waals surface area (Å²) in [5.41, 5.74) is 1.17. The van der Waals surface area contributed by atoms with Crippen LogP contribution in [-0.4, -0.2) is 17.4 Å². The van der Waals surface area contributed by atoms with Gasteiger partial charge in [-0.05, 0) is 42.7 Å². The molecule has 4 nitrogen and oxygen atoms in total. The van der Waals surface area contributed by atoms with E-state index < -0.39 is 0 Å². The second kappa shape index (κ2) is 7.80. The number of halogens is 1. The van der Waals surface area contributed by atoms with Gasteiger partial charge in [0.1, 0.15) is 5.82 Å². The Kier molecular flexibility index (Phi) is 5.78. The van der Waals surface area contributed by atoms with Gasteiger partial charge in [0, 0.05) is 17.1 Å². The molecule has 2 aromatic rings. The molecule has 0 saturated carbocycles. The van der Waals surface area contributed by atoms with E-state index in [1.54, 1.807) is 30.5 Å². The van der Waals surface area contributed by atoms with Gasteiger partial charge in [0.05, 0.1) is 11.9 Å². The highest BCUT2D eigenvalue weighted by Gasteiger charge is 2.06. The number of hydrogen-bond donors (Lipinski definition) is 2. The number of benzene rings is 1. The minimum absolute atomic E-state index is 0.204. The average molecular weight is 318 g/mol. The number of pyridine rings is 1. The summed E-state index contributed by atoms with van der Waals surface area (Å²) in [6.07, 6.45) is 2.73. The monoisotopic (exact) mass is 317 g/mol. The van der Waals surface area contributed by atoms with Crippen molar-refractivity contribution in [2.45, 2.75) is 20.3 Å². The molecule has 0 unspecified atom stereocenters. The van der Waals surface area contributed by atoms with Crippen LogP contribution in [0.1, 0.15) is 30.6 Å². The molecule has 1 aromatic heterocycles. The molecule has 0 radical (unpaired) electrons.